The fourth-order valence-electron chi connectivity index (χ4n) is 2.77. The maximum absolute atomic E-state index is 12.9. The van der Waals surface area contributed by atoms with E-state index in [4.69, 9.17) is 11.6 Å². The van der Waals surface area contributed by atoms with Crippen molar-refractivity contribution < 1.29 is 18.0 Å². The second kappa shape index (κ2) is 7.30. The molecule has 0 aliphatic heterocycles. The molecular formula is C16H19ClF3N5O. The Morgan fingerprint density at radius 2 is 2.12 bits per heavy atom. The van der Waals surface area contributed by atoms with Gasteiger partial charge in [0.15, 0.2) is 5.69 Å². The van der Waals surface area contributed by atoms with Crippen LogP contribution in [-0.4, -0.2) is 25.5 Å². The molecule has 2 heterocycles. The molecule has 0 atom stereocenters. The summed E-state index contributed by atoms with van der Waals surface area (Å²) in [6.45, 7) is 2.85. The van der Waals surface area contributed by atoms with Crippen LogP contribution in [0, 0.1) is 0 Å². The molecule has 1 aliphatic rings. The molecule has 6 nitrogen and oxygen atoms in total. The summed E-state index contributed by atoms with van der Waals surface area (Å²) in [6.07, 6.45) is -1.22. The molecule has 3 rings (SSSR count). The monoisotopic (exact) mass is 389 g/mol. The Bertz CT molecular complexity index is 794. The van der Waals surface area contributed by atoms with Gasteiger partial charge in [-0.1, -0.05) is 11.6 Å². The average molecular weight is 390 g/mol. The van der Waals surface area contributed by atoms with E-state index in [1.54, 1.807) is 4.68 Å². The number of nitrogens with one attached hydrogen (secondary N) is 1. The molecule has 0 unspecified atom stereocenters. The summed E-state index contributed by atoms with van der Waals surface area (Å²) >= 11 is 6.03. The van der Waals surface area contributed by atoms with Crippen LogP contribution in [0.25, 0.3) is 0 Å². The number of hydrogen-bond donors (Lipinski definition) is 1. The highest BCUT2D eigenvalue weighted by Gasteiger charge is 2.37. The maximum Gasteiger partial charge on any atom is 0.435 e. The van der Waals surface area contributed by atoms with Crippen molar-refractivity contribution in [3.05, 3.63) is 34.4 Å². The minimum atomic E-state index is -4.48. The molecule has 142 valence electrons. The summed E-state index contributed by atoms with van der Waals surface area (Å²) in [6, 6.07) is 1.09. The third kappa shape index (κ3) is 4.20. The van der Waals surface area contributed by atoms with Crippen LogP contribution in [0.5, 0.6) is 0 Å². The van der Waals surface area contributed by atoms with Crippen molar-refractivity contribution >= 4 is 17.5 Å². The standard InChI is InChI=1S/C16H19ClF3N5O/c1-2-24-13(11(17)8-22-24)9-21-15(26)5-6-25-12(10-3-4-10)7-14(23-25)16(18,19)20/h7-8,10H,2-6,9H2,1H3,(H,21,26). The average Bonchev–Trinajstić information content (AvgIpc) is 3.22. The van der Waals surface area contributed by atoms with Crippen molar-refractivity contribution in [1.29, 1.82) is 0 Å². The van der Waals surface area contributed by atoms with Gasteiger partial charge in [0.05, 0.1) is 23.5 Å². The zero-order chi connectivity index (χ0) is 18.9. The van der Waals surface area contributed by atoms with Crippen LogP contribution in [-0.2, 0) is 30.6 Å². The van der Waals surface area contributed by atoms with Crippen molar-refractivity contribution in [1.82, 2.24) is 24.9 Å². The number of halogens is 4. The predicted octanol–water partition coefficient (Wildman–Crippen LogP) is 3.36. The molecule has 0 radical (unpaired) electrons. The number of nitrogens with zero attached hydrogens (tertiary/aromatic N) is 4. The summed E-state index contributed by atoms with van der Waals surface area (Å²) in [5, 5.41) is 10.9. The Hall–Kier alpha value is -2.03. The molecule has 1 N–H and O–H groups in total. The number of aryl methyl sites for hydroxylation is 2. The van der Waals surface area contributed by atoms with Gasteiger partial charge in [-0.3, -0.25) is 14.2 Å². The number of aromatic nitrogens is 4. The van der Waals surface area contributed by atoms with E-state index in [1.165, 1.54) is 10.9 Å². The van der Waals surface area contributed by atoms with Gasteiger partial charge in [-0.05, 0) is 25.8 Å². The van der Waals surface area contributed by atoms with Crippen molar-refractivity contribution in [3.8, 4) is 0 Å². The number of alkyl halides is 3. The molecule has 2 aromatic rings. The molecule has 0 saturated heterocycles. The van der Waals surface area contributed by atoms with E-state index in [9.17, 15) is 18.0 Å². The summed E-state index contributed by atoms with van der Waals surface area (Å²) in [4.78, 5) is 12.1. The number of hydrogen-bond acceptors (Lipinski definition) is 3. The van der Waals surface area contributed by atoms with Gasteiger partial charge in [0, 0.05) is 31.1 Å². The first-order valence-electron chi connectivity index (χ1n) is 8.41. The topological polar surface area (TPSA) is 64.7 Å². The van der Waals surface area contributed by atoms with Gasteiger partial charge < -0.3 is 5.32 Å². The highest BCUT2D eigenvalue weighted by atomic mass is 35.5. The van der Waals surface area contributed by atoms with Crippen LogP contribution >= 0.6 is 11.6 Å². The van der Waals surface area contributed by atoms with Crippen molar-refractivity contribution in [2.75, 3.05) is 0 Å². The van der Waals surface area contributed by atoms with E-state index in [2.05, 4.69) is 15.5 Å². The molecule has 1 amide bonds. The molecule has 0 spiro atoms. The van der Waals surface area contributed by atoms with Crippen LogP contribution in [0.4, 0.5) is 13.2 Å². The van der Waals surface area contributed by atoms with Gasteiger partial charge in [-0.25, -0.2) is 0 Å². The van der Waals surface area contributed by atoms with Crippen LogP contribution in [0.1, 0.15) is 49.2 Å². The number of amides is 1. The lowest BCUT2D eigenvalue weighted by molar-refractivity contribution is -0.141. The molecule has 1 fully saturated rings. The Kier molecular flexibility index (Phi) is 5.27. The molecule has 1 saturated carbocycles. The predicted molar refractivity (Wildman–Crippen MR) is 88.6 cm³/mol. The molecular weight excluding hydrogens is 371 g/mol. The van der Waals surface area contributed by atoms with Gasteiger partial charge in [0.1, 0.15) is 0 Å². The van der Waals surface area contributed by atoms with E-state index < -0.39 is 11.9 Å². The van der Waals surface area contributed by atoms with Gasteiger partial charge >= 0.3 is 6.18 Å². The first kappa shape index (κ1) is 18.8. The van der Waals surface area contributed by atoms with Crippen molar-refractivity contribution in [2.45, 2.75) is 57.9 Å². The lowest BCUT2D eigenvalue weighted by atomic mass is 10.2. The summed E-state index contributed by atoms with van der Waals surface area (Å²) in [5.41, 5.74) is 0.343. The summed E-state index contributed by atoms with van der Waals surface area (Å²) < 4.78 is 41.6. The van der Waals surface area contributed by atoms with E-state index in [0.29, 0.717) is 23.0 Å². The van der Waals surface area contributed by atoms with Crippen LogP contribution in [0.15, 0.2) is 12.3 Å². The fourth-order valence-corrected chi connectivity index (χ4v) is 2.98. The second-order valence-corrected chi connectivity index (χ2v) is 6.64. The minimum absolute atomic E-state index is 0.0383. The van der Waals surface area contributed by atoms with Crippen molar-refractivity contribution in [2.24, 2.45) is 0 Å². The number of carbonyl (C=O) groups is 1. The summed E-state index contributed by atoms with van der Waals surface area (Å²) in [5.74, 6) is -0.171. The minimum Gasteiger partial charge on any atom is -0.350 e. The largest absolute Gasteiger partial charge is 0.435 e. The SMILES string of the molecule is CCn1ncc(Cl)c1CNC(=O)CCn1nc(C(F)(F)F)cc1C1CC1. The van der Waals surface area contributed by atoms with Crippen LogP contribution in [0.3, 0.4) is 0 Å². The van der Waals surface area contributed by atoms with E-state index >= 15 is 0 Å². The third-order valence-electron chi connectivity index (χ3n) is 4.30. The Morgan fingerprint density at radius 3 is 2.73 bits per heavy atom. The number of rotatable bonds is 7. The van der Waals surface area contributed by atoms with Gasteiger partial charge in [0.25, 0.3) is 0 Å². The molecule has 2 aromatic heterocycles. The lowest BCUT2D eigenvalue weighted by Crippen LogP contribution is -2.26. The molecule has 0 bridgehead atoms. The van der Waals surface area contributed by atoms with Gasteiger partial charge in [-0.15, -0.1) is 0 Å². The Morgan fingerprint density at radius 1 is 1.38 bits per heavy atom. The zero-order valence-electron chi connectivity index (χ0n) is 14.2. The first-order valence-corrected chi connectivity index (χ1v) is 8.79. The van der Waals surface area contributed by atoms with Crippen LogP contribution < -0.4 is 5.32 Å². The van der Waals surface area contributed by atoms with Crippen molar-refractivity contribution in [3.63, 3.8) is 0 Å². The van der Waals surface area contributed by atoms with Gasteiger partial charge in [-0.2, -0.15) is 23.4 Å². The number of carbonyl (C=O) groups excluding carboxylic acids is 1. The molecule has 10 heteroatoms. The van der Waals surface area contributed by atoms with E-state index in [0.717, 1.165) is 18.9 Å². The first-order chi connectivity index (χ1) is 12.3. The third-order valence-corrected chi connectivity index (χ3v) is 4.61. The quantitative estimate of drug-likeness (QED) is 0.789. The van der Waals surface area contributed by atoms with Gasteiger partial charge in [0.2, 0.25) is 5.91 Å². The second-order valence-electron chi connectivity index (χ2n) is 6.23. The van der Waals surface area contributed by atoms with E-state index in [1.807, 2.05) is 6.92 Å². The smallest absolute Gasteiger partial charge is 0.350 e. The Labute approximate surface area is 153 Å². The highest BCUT2D eigenvalue weighted by Crippen LogP contribution is 2.42. The molecule has 0 aromatic carbocycles. The lowest BCUT2D eigenvalue weighted by Gasteiger charge is -2.09. The normalized spacial score (nSPS) is 14.7. The Balaban J connectivity index is 1.59. The van der Waals surface area contributed by atoms with E-state index in [-0.39, 0.29) is 31.3 Å². The highest BCUT2D eigenvalue weighted by molar-refractivity contribution is 6.31. The fraction of sp³-hybridized carbons (Fsp3) is 0.562. The maximum atomic E-state index is 12.9. The zero-order valence-corrected chi connectivity index (χ0v) is 14.9. The molecule has 26 heavy (non-hydrogen) atoms. The summed E-state index contributed by atoms with van der Waals surface area (Å²) in [7, 11) is 0. The molecule has 1 aliphatic carbocycles. The van der Waals surface area contributed by atoms with Crippen LogP contribution in [0.2, 0.25) is 5.02 Å².